The molecule has 0 saturated carbocycles. The summed E-state index contributed by atoms with van der Waals surface area (Å²) in [4.78, 5) is 20.6. The Morgan fingerprint density at radius 1 is 1.33 bits per heavy atom. The van der Waals surface area contributed by atoms with E-state index >= 15 is 0 Å². The van der Waals surface area contributed by atoms with Crippen molar-refractivity contribution in [2.24, 2.45) is 0 Å². The molecule has 0 spiro atoms. The Morgan fingerprint density at radius 3 is 1.87 bits per heavy atom. The molecule has 0 aliphatic heterocycles. The van der Waals surface area contributed by atoms with Crippen LogP contribution in [0.25, 0.3) is 0 Å². The van der Waals surface area contributed by atoms with Gasteiger partial charge < -0.3 is 15.3 Å². The van der Waals surface area contributed by atoms with E-state index in [2.05, 4.69) is 4.74 Å². The summed E-state index contributed by atoms with van der Waals surface area (Å²) in [6, 6.07) is 0. The Balaban J connectivity index is -0.0000000883. The third kappa shape index (κ3) is 42.7. The molecule has 5 nitrogen and oxygen atoms in total. The van der Waals surface area contributed by atoms with Gasteiger partial charge >= 0.3 is 5.97 Å². The standard InChI is InChI=1S/C6H10O3.C3H8O.ClH.H2O/c1-3-9-6(8)4-5(2)7;1-3(2)4;;/h3-4H2,1-2H3;3-4H,1-2H3;1H;1H2. The summed E-state index contributed by atoms with van der Waals surface area (Å²) >= 11 is 0. The van der Waals surface area contributed by atoms with Gasteiger partial charge in [-0.25, -0.2) is 0 Å². The van der Waals surface area contributed by atoms with Gasteiger partial charge in [-0.3, -0.25) is 9.59 Å². The van der Waals surface area contributed by atoms with Crippen LogP contribution in [0.2, 0.25) is 0 Å². The van der Waals surface area contributed by atoms with Crippen LogP contribution < -0.4 is 0 Å². The van der Waals surface area contributed by atoms with Gasteiger partial charge in [0.2, 0.25) is 0 Å². The first kappa shape index (κ1) is 23.9. The largest absolute Gasteiger partial charge is 0.466 e. The Bertz CT molecular complexity index is 156. The highest BCUT2D eigenvalue weighted by Gasteiger charge is 2.03. The van der Waals surface area contributed by atoms with Gasteiger partial charge in [0.25, 0.3) is 0 Å². The first-order valence-corrected chi connectivity index (χ1v) is 4.23. The van der Waals surface area contributed by atoms with Crippen LogP contribution in [0.4, 0.5) is 0 Å². The maximum absolute atomic E-state index is 10.4. The molecule has 0 unspecified atom stereocenters. The smallest absolute Gasteiger partial charge is 0.313 e. The van der Waals surface area contributed by atoms with E-state index in [1.165, 1.54) is 6.92 Å². The third-order valence-corrected chi connectivity index (χ3v) is 0.699. The zero-order valence-corrected chi connectivity index (χ0v) is 10.4. The van der Waals surface area contributed by atoms with Gasteiger partial charge in [-0.1, -0.05) is 0 Å². The van der Waals surface area contributed by atoms with E-state index in [1.807, 2.05) is 0 Å². The molecule has 0 bridgehead atoms. The summed E-state index contributed by atoms with van der Waals surface area (Å²) in [5.74, 6) is -0.599. The first-order valence-electron chi connectivity index (χ1n) is 4.23. The van der Waals surface area contributed by atoms with Crippen molar-refractivity contribution in [3.8, 4) is 0 Å². The number of carbonyl (C=O) groups is 2. The topological polar surface area (TPSA) is 95.1 Å². The van der Waals surface area contributed by atoms with E-state index in [1.54, 1.807) is 20.8 Å². The molecule has 15 heavy (non-hydrogen) atoms. The molecule has 0 aromatic carbocycles. The number of aliphatic hydroxyl groups is 1. The number of Topliss-reactive ketones (excluding diaryl/α,β-unsaturated/α-hetero) is 1. The van der Waals surface area contributed by atoms with Crippen LogP contribution in [0.5, 0.6) is 0 Å². The van der Waals surface area contributed by atoms with E-state index in [0.29, 0.717) is 6.61 Å². The number of halogens is 1. The van der Waals surface area contributed by atoms with E-state index in [-0.39, 0.29) is 36.2 Å². The Morgan fingerprint density at radius 2 is 1.67 bits per heavy atom. The predicted molar refractivity (Wildman–Crippen MR) is 60.1 cm³/mol. The molecule has 0 atom stereocenters. The fraction of sp³-hybridized carbons (Fsp3) is 0.778. The summed E-state index contributed by atoms with van der Waals surface area (Å²) in [6.45, 7) is 6.85. The number of hydrogen-bond donors (Lipinski definition) is 1. The molecule has 0 aromatic heterocycles. The number of ketones is 1. The number of carbonyl (C=O) groups excluding carboxylic acids is 2. The van der Waals surface area contributed by atoms with Gasteiger partial charge in [0, 0.05) is 6.10 Å². The minimum atomic E-state index is -0.440. The molecule has 0 amide bonds. The van der Waals surface area contributed by atoms with Crippen molar-refractivity contribution in [2.75, 3.05) is 6.61 Å². The molecule has 0 aliphatic rings. The molecule has 6 heteroatoms. The molecule has 0 heterocycles. The lowest BCUT2D eigenvalue weighted by Gasteiger charge is -1.96. The van der Waals surface area contributed by atoms with Gasteiger partial charge in [-0.05, 0) is 27.7 Å². The minimum Gasteiger partial charge on any atom is -0.466 e. The fourth-order valence-corrected chi connectivity index (χ4v) is 0.415. The highest BCUT2D eigenvalue weighted by atomic mass is 35.5. The second-order valence-electron chi connectivity index (χ2n) is 2.78. The molecule has 0 radical (unpaired) electrons. The highest BCUT2D eigenvalue weighted by Crippen LogP contribution is 1.86. The van der Waals surface area contributed by atoms with Crippen molar-refractivity contribution in [2.45, 2.75) is 40.2 Å². The van der Waals surface area contributed by atoms with E-state index < -0.39 is 5.97 Å². The number of aliphatic hydroxyl groups excluding tert-OH is 1. The van der Waals surface area contributed by atoms with E-state index in [0.717, 1.165) is 0 Å². The third-order valence-electron chi connectivity index (χ3n) is 0.699. The quantitative estimate of drug-likeness (QED) is 0.578. The van der Waals surface area contributed by atoms with Gasteiger partial charge in [-0.2, -0.15) is 0 Å². The van der Waals surface area contributed by atoms with Crippen LogP contribution in [0.15, 0.2) is 0 Å². The maximum Gasteiger partial charge on any atom is 0.313 e. The summed E-state index contributed by atoms with van der Waals surface area (Å²) in [5.41, 5.74) is 0. The molecule has 0 aromatic rings. The number of rotatable bonds is 3. The van der Waals surface area contributed by atoms with Crippen LogP contribution in [0, 0.1) is 0 Å². The molecule has 0 fully saturated rings. The molecular formula is C9H21ClO5. The van der Waals surface area contributed by atoms with Crippen LogP contribution >= 0.6 is 12.4 Å². The van der Waals surface area contributed by atoms with Crippen molar-refractivity contribution in [1.82, 2.24) is 0 Å². The Labute approximate surface area is 96.5 Å². The van der Waals surface area contributed by atoms with Gasteiger partial charge in [0.15, 0.2) is 0 Å². The molecule has 94 valence electrons. The molecule has 0 rings (SSSR count). The zero-order valence-electron chi connectivity index (χ0n) is 9.57. The lowest BCUT2D eigenvalue weighted by molar-refractivity contribution is -0.145. The first-order chi connectivity index (χ1) is 5.90. The number of hydrogen-bond acceptors (Lipinski definition) is 4. The molecule has 3 N–H and O–H groups in total. The average Bonchev–Trinajstić information content (AvgIpc) is 1.83. The summed E-state index contributed by atoms with van der Waals surface area (Å²) in [5, 5.41) is 8.06. The van der Waals surface area contributed by atoms with Crippen molar-refractivity contribution in [1.29, 1.82) is 0 Å². The SMILES string of the molecule is CC(C)O.CCOC(=O)CC(C)=O.Cl.O. The van der Waals surface area contributed by atoms with Crippen molar-refractivity contribution in [3.63, 3.8) is 0 Å². The van der Waals surface area contributed by atoms with Gasteiger partial charge in [0.05, 0.1) is 6.61 Å². The van der Waals surface area contributed by atoms with Crippen LogP contribution in [-0.4, -0.2) is 35.0 Å². The normalized spacial score (nSPS) is 7.60. The molecule has 0 aliphatic carbocycles. The second-order valence-corrected chi connectivity index (χ2v) is 2.78. The predicted octanol–water partition coefficient (Wildman–Crippen LogP) is 0.513. The molecular weight excluding hydrogens is 224 g/mol. The lowest BCUT2D eigenvalue weighted by atomic mass is 10.3. The highest BCUT2D eigenvalue weighted by molar-refractivity contribution is 5.94. The summed E-state index contributed by atoms with van der Waals surface area (Å²) in [7, 11) is 0. The van der Waals surface area contributed by atoms with Crippen molar-refractivity contribution in [3.05, 3.63) is 0 Å². The number of esters is 1. The van der Waals surface area contributed by atoms with Crippen LogP contribution in [0.1, 0.15) is 34.1 Å². The Hall–Kier alpha value is -0.650. The average molecular weight is 245 g/mol. The van der Waals surface area contributed by atoms with Gasteiger partial charge in [-0.15, -0.1) is 12.4 Å². The lowest BCUT2D eigenvalue weighted by Crippen LogP contribution is -2.07. The Kier molecular flexibility index (Phi) is 25.2. The van der Waals surface area contributed by atoms with E-state index in [4.69, 9.17) is 5.11 Å². The zero-order chi connectivity index (χ0) is 10.9. The van der Waals surface area contributed by atoms with E-state index in [9.17, 15) is 9.59 Å². The second kappa shape index (κ2) is 15.8. The van der Waals surface area contributed by atoms with Crippen LogP contribution in [-0.2, 0) is 14.3 Å². The van der Waals surface area contributed by atoms with Crippen LogP contribution in [0.3, 0.4) is 0 Å². The fourth-order valence-electron chi connectivity index (χ4n) is 0.415. The maximum atomic E-state index is 10.4. The molecule has 0 saturated heterocycles. The summed E-state index contributed by atoms with van der Waals surface area (Å²) in [6.07, 6.45) is -0.270. The number of ether oxygens (including phenoxy) is 1. The summed E-state index contributed by atoms with van der Waals surface area (Å²) < 4.78 is 4.49. The van der Waals surface area contributed by atoms with Crippen molar-refractivity contribution < 1.29 is 24.9 Å². The monoisotopic (exact) mass is 244 g/mol. The van der Waals surface area contributed by atoms with Gasteiger partial charge in [0.1, 0.15) is 12.2 Å². The minimum absolute atomic E-state index is 0. The van der Waals surface area contributed by atoms with Crippen molar-refractivity contribution >= 4 is 24.2 Å².